The zero-order valence-electron chi connectivity index (χ0n) is 19.4. The largest absolute Gasteiger partial charge is 0.353 e. The molecule has 1 aliphatic rings. The minimum Gasteiger partial charge on any atom is -0.353 e. The number of sulfone groups is 1. The van der Waals surface area contributed by atoms with Crippen molar-refractivity contribution >= 4 is 49.2 Å². The van der Waals surface area contributed by atoms with E-state index in [1.807, 2.05) is 13.8 Å². The third kappa shape index (κ3) is 5.29. The summed E-state index contributed by atoms with van der Waals surface area (Å²) in [5.74, 6) is 0.160. The van der Waals surface area contributed by atoms with Crippen LogP contribution in [0.25, 0.3) is 5.69 Å². The number of nitrogens with one attached hydrogen (secondary N) is 1. The Morgan fingerprint density at radius 3 is 2.46 bits per heavy atom. The number of aromatic nitrogens is 2. The first-order valence-corrected chi connectivity index (χ1v) is 14.0. The standard InChI is InChI=1S/C24H24BrClN4O4S/c1-14(2)27-24-28-21-13-29(22(31)15-4-9-20(26)19(25)12-15)11-10-18(21)23(32)30(24)16-5-7-17(8-6-16)35(3,33)34/h4-9,12,14H,10-11,13H2,1-3H3,(H,27,28). The van der Waals surface area contributed by atoms with Gasteiger partial charge in [0.15, 0.2) is 9.84 Å². The second-order valence-electron chi connectivity index (χ2n) is 8.67. The Morgan fingerprint density at radius 2 is 1.86 bits per heavy atom. The molecule has 0 saturated heterocycles. The van der Waals surface area contributed by atoms with Crippen LogP contribution in [0.3, 0.4) is 0 Å². The molecule has 2 aromatic carbocycles. The second-order valence-corrected chi connectivity index (χ2v) is 11.9. The van der Waals surface area contributed by atoms with E-state index in [2.05, 4.69) is 21.2 Å². The van der Waals surface area contributed by atoms with Crippen LogP contribution in [-0.4, -0.2) is 47.6 Å². The van der Waals surface area contributed by atoms with Crippen LogP contribution in [0.5, 0.6) is 0 Å². The molecule has 0 saturated carbocycles. The van der Waals surface area contributed by atoms with Crippen LogP contribution in [0.15, 0.2) is 56.6 Å². The number of rotatable bonds is 5. The van der Waals surface area contributed by atoms with Crippen molar-refractivity contribution in [1.82, 2.24) is 14.5 Å². The Balaban J connectivity index is 1.73. The molecule has 1 aromatic heterocycles. The summed E-state index contributed by atoms with van der Waals surface area (Å²) >= 11 is 9.41. The monoisotopic (exact) mass is 578 g/mol. The van der Waals surface area contributed by atoms with Gasteiger partial charge in [-0.2, -0.15) is 0 Å². The first-order valence-electron chi connectivity index (χ1n) is 10.9. The van der Waals surface area contributed by atoms with E-state index < -0.39 is 9.84 Å². The van der Waals surface area contributed by atoms with Crippen LogP contribution < -0.4 is 10.9 Å². The summed E-state index contributed by atoms with van der Waals surface area (Å²) in [6.45, 7) is 4.42. The molecular weight excluding hydrogens is 556 g/mol. The molecular formula is C24H24BrClN4O4S. The lowest BCUT2D eigenvalue weighted by Crippen LogP contribution is -2.41. The average molecular weight is 580 g/mol. The van der Waals surface area contributed by atoms with Crippen LogP contribution in [0.1, 0.15) is 35.5 Å². The van der Waals surface area contributed by atoms with E-state index in [9.17, 15) is 18.0 Å². The lowest BCUT2D eigenvalue weighted by molar-refractivity contribution is 0.0731. The quantitative estimate of drug-likeness (QED) is 0.489. The molecule has 1 aliphatic heterocycles. The van der Waals surface area contributed by atoms with Crippen molar-refractivity contribution in [3.8, 4) is 5.69 Å². The van der Waals surface area contributed by atoms with Gasteiger partial charge in [0.2, 0.25) is 5.95 Å². The first-order chi connectivity index (χ1) is 16.5. The van der Waals surface area contributed by atoms with E-state index in [1.54, 1.807) is 35.2 Å². The minimum atomic E-state index is -3.36. The summed E-state index contributed by atoms with van der Waals surface area (Å²) in [6.07, 6.45) is 1.49. The van der Waals surface area contributed by atoms with Gasteiger partial charge in [-0.05, 0) is 78.7 Å². The normalized spacial score (nSPS) is 13.6. The van der Waals surface area contributed by atoms with Crippen molar-refractivity contribution in [3.63, 3.8) is 0 Å². The van der Waals surface area contributed by atoms with E-state index in [0.29, 0.717) is 50.9 Å². The molecule has 3 aromatic rings. The Hall–Kier alpha value is -2.69. The van der Waals surface area contributed by atoms with Gasteiger partial charge < -0.3 is 10.2 Å². The molecule has 4 rings (SSSR count). The van der Waals surface area contributed by atoms with Crippen molar-refractivity contribution in [2.45, 2.75) is 37.8 Å². The maximum absolute atomic E-state index is 13.6. The number of hydrogen-bond donors (Lipinski definition) is 1. The van der Waals surface area contributed by atoms with Crippen molar-refractivity contribution in [2.75, 3.05) is 18.1 Å². The molecule has 184 valence electrons. The van der Waals surface area contributed by atoms with Gasteiger partial charge in [0, 0.05) is 34.4 Å². The van der Waals surface area contributed by atoms with E-state index >= 15 is 0 Å². The molecule has 1 N–H and O–H groups in total. The molecule has 35 heavy (non-hydrogen) atoms. The fourth-order valence-corrected chi connectivity index (χ4v) is 5.04. The van der Waals surface area contributed by atoms with Crippen LogP contribution >= 0.6 is 27.5 Å². The van der Waals surface area contributed by atoms with Gasteiger partial charge >= 0.3 is 0 Å². The van der Waals surface area contributed by atoms with Gasteiger partial charge in [-0.3, -0.25) is 9.59 Å². The van der Waals surface area contributed by atoms with Gasteiger partial charge in [0.1, 0.15) is 0 Å². The van der Waals surface area contributed by atoms with Crippen LogP contribution in [0.4, 0.5) is 5.95 Å². The molecule has 8 nitrogen and oxygen atoms in total. The Morgan fingerprint density at radius 1 is 1.17 bits per heavy atom. The molecule has 0 unspecified atom stereocenters. The highest BCUT2D eigenvalue weighted by molar-refractivity contribution is 9.10. The number of nitrogens with zero attached hydrogens (tertiary/aromatic N) is 3. The highest BCUT2D eigenvalue weighted by atomic mass is 79.9. The molecule has 1 amide bonds. The first kappa shape index (κ1) is 25.4. The lowest BCUT2D eigenvalue weighted by atomic mass is 10.0. The number of anilines is 1. The Bertz CT molecular complexity index is 1470. The summed E-state index contributed by atoms with van der Waals surface area (Å²) in [7, 11) is -3.36. The van der Waals surface area contributed by atoms with Crippen molar-refractivity contribution in [1.29, 1.82) is 0 Å². The molecule has 0 radical (unpaired) electrons. The number of carbonyl (C=O) groups is 1. The van der Waals surface area contributed by atoms with Gasteiger partial charge in [-0.1, -0.05) is 11.6 Å². The van der Waals surface area contributed by atoms with Crippen LogP contribution in [0.2, 0.25) is 5.02 Å². The van der Waals surface area contributed by atoms with Gasteiger partial charge in [-0.25, -0.2) is 18.0 Å². The highest BCUT2D eigenvalue weighted by Gasteiger charge is 2.27. The smallest absolute Gasteiger partial charge is 0.263 e. The summed E-state index contributed by atoms with van der Waals surface area (Å²) in [5.41, 5.74) is 1.82. The Kier molecular flexibility index (Phi) is 7.08. The predicted octanol–water partition coefficient (Wildman–Crippen LogP) is 4.07. The van der Waals surface area contributed by atoms with Crippen LogP contribution in [0, 0.1) is 0 Å². The molecule has 0 bridgehead atoms. The van der Waals surface area contributed by atoms with E-state index in [1.165, 1.54) is 16.7 Å². The number of fused-ring (bicyclic) bond motifs is 1. The number of amides is 1. The molecule has 0 aliphatic carbocycles. The molecule has 0 spiro atoms. The molecule has 0 atom stereocenters. The van der Waals surface area contributed by atoms with Crippen LogP contribution in [-0.2, 0) is 22.8 Å². The highest BCUT2D eigenvalue weighted by Crippen LogP contribution is 2.26. The third-order valence-electron chi connectivity index (χ3n) is 5.63. The molecule has 2 heterocycles. The minimum absolute atomic E-state index is 0.0192. The maximum atomic E-state index is 13.6. The number of benzene rings is 2. The number of hydrogen-bond acceptors (Lipinski definition) is 6. The fourth-order valence-electron chi connectivity index (χ4n) is 3.91. The van der Waals surface area contributed by atoms with Crippen molar-refractivity contribution in [3.05, 3.63) is 79.1 Å². The summed E-state index contributed by atoms with van der Waals surface area (Å²) in [5, 5.41) is 3.72. The van der Waals surface area contributed by atoms with Gasteiger partial charge in [0.25, 0.3) is 11.5 Å². The van der Waals surface area contributed by atoms with Gasteiger partial charge in [-0.15, -0.1) is 0 Å². The summed E-state index contributed by atoms with van der Waals surface area (Å²) in [6, 6.07) is 11.1. The average Bonchev–Trinajstić information content (AvgIpc) is 2.79. The summed E-state index contributed by atoms with van der Waals surface area (Å²) in [4.78, 5) is 33.2. The fraction of sp³-hybridized carbons (Fsp3) is 0.292. The zero-order chi connectivity index (χ0) is 25.5. The lowest BCUT2D eigenvalue weighted by Gasteiger charge is -2.29. The number of carbonyl (C=O) groups excluding carboxylic acids is 1. The molecule has 11 heteroatoms. The Labute approximate surface area is 217 Å². The van der Waals surface area contributed by atoms with E-state index in [4.69, 9.17) is 16.6 Å². The number of halogens is 2. The maximum Gasteiger partial charge on any atom is 0.263 e. The summed E-state index contributed by atoms with van der Waals surface area (Å²) < 4.78 is 25.8. The topological polar surface area (TPSA) is 101 Å². The van der Waals surface area contributed by atoms with E-state index in [-0.39, 0.29) is 28.9 Å². The van der Waals surface area contributed by atoms with Crippen molar-refractivity contribution in [2.24, 2.45) is 0 Å². The van der Waals surface area contributed by atoms with Crippen molar-refractivity contribution < 1.29 is 13.2 Å². The third-order valence-corrected chi connectivity index (χ3v) is 7.97. The predicted molar refractivity (Wildman–Crippen MR) is 139 cm³/mol. The second kappa shape index (κ2) is 9.75. The van der Waals surface area contributed by atoms with Gasteiger partial charge in [0.05, 0.1) is 27.8 Å². The van der Waals surface area contributed by atoms with E-state index in [0.717, 1.165) is 6.26 Å². The zero-order valence-corrected chi connectivity index (χ0v) is 22.5. The molecule has 0 fully saturated rings. The SMILES string of the molecule is CC(C)Nc1nc2c(c(=O)n1-c1ccc(S(C)(=O)=O)cc1)CCN(C(=O)c1ccc(Cl)c(Br)c1)C2.